The molecule has 6 heteroatoms. The number of hydrogen-bond acceptors (Lipinski definition) is 5. The van der Waals surface area contributed by atoms with Gasteiger partial charge in [0.05, 0.1) is 6.61 Å². The summed E-state index contributed by atoms with van der Waals surface area (Å²) >= 11 is 0. The van der Waals surface area contributed by atoms with E-state index in [9.17, 15) is 0 Å². The number of nitrogens with two attached hydrogens (primary N) is 1. The van der Waals surface area contributed by atoms with Gasteiger partial charge in [-0.2, -0.15) is 9.97 Å². The van der Waals surface area contributed by atoms with Crippen LogP contribution in [0.2, 0.25) is 0 Å². The molecule has 1 aromatic carbocycles. The van der Waals surface area contributed by atoms with E-state index in [0.29, 0.717) is 48.1 Å². The summed E-state index contributed by atoms with van der Waals surface area (Å²) in [5.74, 6) is 2.16. The molecule has 59 heavy (non-hydrogen) atoms. The number of anilines is 1. The van der Waals surface area contributed by atoms with Crippen LogP contribution in [0.15, 0.2) is 40.5 Å². The lowest BCUT2D eigenvalue weighted by molar-refractivity contribution is 0.214. The molecule has 0 bridgehead atoms. The summed E-state index contributed by atoms with van der Waals surface area (Å²) in [6, 6.07) is 1.02. The van der Waals surface area contributed by atoms with Gasteiger partial charge < -0.3 is 15.4 Å². The number of ether oxygens (including phenoxy) is 1. The number of fused-ring (bicyclic) bond motifs is 1. The number of aromatic nitrogens is 2. The molecule has 0 spiro atoms. The molecule has 3 unspecified atom stereocenters. The molecule has 4 rings (SSSR count). The predicted molar refractivity (Wildman–Crippen MR) is 260 cm³/mol. The SMILES string of the molecule is C=C(/C(C(C)=C(C)C)=C(C)\C(C)=C/C)c1c(CC)c(CC)c2c(N3C(CC)CCC3CC)nc(OCC3(CC)CC3)nc2c1F.CC.CC(C)CN.CCCC(C)CC. The number of nitrogens with zero attached hydrogens (tertiary/aromatic N) is 3. The Hall–Kier alpha value is -2.99. The van der Waals surface area contributed by atoms with Gasteiger partial charge in [0.15, 0.2) is 5.82 Å². The molecule has 2 N–H and O–H groups in total. The second-order valence-corrected chi connectivity index (χ2v) is 17.7. The maximum absolute atomic E-state index is 17.5. The number of hydrogen-bond donors (Lipinski definition) is 1. The molecule has 0 radical (unpaired) electrons. The van der Waals surface area contributed by atoms with E-state index in [1.54, 1.807) is 0 Å². The van der Waals surface area contributed by atoms with E-state index in [2.05, 4.69) is 128 Å². The van der Waals surface area contributed by atoms with Gasteiger partial charge in [-0.25, -0.2) is 4.39 Å². The fourth-order valence-corrected chi connectivity index (χ4v) is 8.09. The van der Waals surface area contributed by atoms with Crippen LogP contribution >= 0.6 is 0 Å². The summed E-state index contributed by atoms with van der Waals surface area (Å²) in [5.41, 5.74) is 14.8. The minimum Gasteiger partial charge on any atom is -0.463 e. The third-order valence-corrected chi connectivity index (χ3v) is 13.1. The van der Waals surface area contributed by atoms with Gasteiger partial charge in [0, 0.05) is 28.4 Å². The quantitative estimate of drug-likeness (QED) is 0.161. The lowest BCUT2D eigenvalue weighted by atomic mass is 9.82. The number of halogens is 1. The van der Waals surface area contributed by atoms with Gasteiger partial charge in [-0.3, -0.25) is 0 Å². The monoisotopic (exact) mass is 819 g/mol. The molecule has 1 saturated carbocycles. The minimum absolute atomic E-state index is 0.201. The predicted octanol–water partition coefficient (Wildman–Crippen LogP) is 15.7. The molecule has 2 heterocycles. The zero-order valence-electron chi connectivity index (χ0n) is 41.7. The van der Waals surface area contributed by atoms with Gasteiger partial charge >= 0.3 is 6.01 Å². The van der Waals surface area contributed by atoms with E-state index in [1.165, 1.54) is 24.8 Å². The Morgan fingerprint density at radius 2 is 1.44 bits per heavy atom. The lowest BCUT2D eigenvalue weighted by Gasteiger charge is -2.33. The second-order valence-electron chi connectivity index (χ2n) is 17.7. The summed E-state index contributed by atoms with van der Waals surface area (Å²) in [5, 5.41) is 0.858. The molecule has 1 saturated heterocycles. The molecular formula is C53H91FN4O. The van der Waals surface area contributed by atoms with Crippen molar-refractivity contribution in [2.75, 3.05) is 18.1 Å². The van der Waals surface area contributed by atoms with Crippen molar-refractivity contribution in [3.63, 3.8) is 0 Å². The van der Waals surface area contributed by atoms with Crippen LogP contribution in [0.4, 0.5) is 10.2 Å². The average Bonchev–Trinajstić information content (AvgIpc) is 3.92. The third kappa shape index (κ3) is 14.0. The Morgan fingerprint density at radius 3 is 1.81 bits per heavy atom. The van der Waals surface area contributed by atoms with E-state index >= 15 is 4.39 Å². The van der Waals surface area contributed by atoms with Crippen molar-refractivity contribution in [3.8, 4) is 6.01 Å². The van der Waals surface area contributed by atoms with Crippen LogP contribution in [0, 0.1) is 23.1 Å². The summed E-state index contributed by atoms with van der Waals surface area (Å²) in [7, 11) is 0. The first-order valence-corrected chi connectivity index (χ1v) is 23.9. The standard InChI is InChI=1S/C40H58FN3O.C7H16.C4H11N.C2H6/c1-13-25(9)27(11)33(26(10)24(7)8)28(12)34-31(16-4)32(17-5)35-37(36(34)41)42-39(45-23-40(18-6)21-22-40)43-38(35)44-29(14-2)19-20-30(44)15-3;1-4-6-7(3)5-2;1-4(2)3-5;1-2/h13,29-30H,12,14-23H2,1-11H3;7H,4-6H2,1-3H3;4H,3,5H2,1-2H3;1-2H3/b25-13-,33-27-;;;. The van der Waals surface area contributed by atoms with Gasteiger partial charge in [-0.15, -0.1) is 0 Å². The van der Waals surface area contributed by atoms with Crippen molar-refractivity contribution in [1.29, 1.82) is 0 Å². The average molecular weight is 819 g/mol. The molecule has 3 atom stereocenters. The molecule has 2 aromatic rings. The van der Waals surface area contributed by atoms with Crippen molar-refractivity contribution in [2.45, 2.75) is 214 Å². The van der Waals surface area contributed by atoms with Crippen LogP contribution in [-0.4, -0.2) is 35.2 Å². The fraction of sp³-hybridized carbons (Fsp3) is 0.698. The molecule has 0 amide bonds. The summed E-state index contributed by atoms with van der Waals surface area (Å²) in [6.07, 6.45) is 15.3. The molecular weight excluding hydrogens is 728 g/mol. The summed E-state index contributed by atoms with van der Waals surface area (Å²) < 4.78 is 23.9. The molecule has 2 fully saturated rings. The molecule has 336 valence electrons. The first-order valence-electron chi connectivity index (χ1n) is 23.9. The molecule has 1 aromatic heterocycles. The minimum atomic E-state index is -0.306. The zero-order valence-corrected chi connectivity index (χ0v) is 41.7. The van der Waals surface area contributed by atoms with Crippen molar-refractivity contribution < 1.29 is 9.13 Å². The maximum atomic E-state index is 17.5. The van der Waals surface area contributed by atoms with Crippen molar-refractivity contribution in [2.24, 2.45) is 23.0 Å². The number of aryl methyl sites for hydroxylation is 1. The van der Waals surface area contributed by atoms with Crippen molar-refractivity contribution >= 4 is 22.3 Å². The van der Waals surface area contributed by atoms with Crippen LogP contribution < -0.4 is 15.4 Å². The fourth-order valence-electron chi connectivity index (χ4n) is 8.09. The normalized spacial score (nSPS) is 17.8. The Balaban J connectivity index is 0.00000107. The Bertz CT molecular complexity index is 1700. The van der Waals surface area contributed by atoms with Gasteiger partial charge in [-0.05, 0) is 151 Å². The molecule has 1 aliphatic heterocycles. The van der Waals surface area contributed by atoms with Crippen LogP contribution in [0.1, 0.15) is 206 Å². The van der Waals surface area contributed by atoms with E-state index in [-0.39, 0.29) is 11.2 Å². The Morgan fingerprint density at radius 1 is 0.898 bits per heavy atom. The van der Waals surface area contributed by atoms with Gasteiger partial charge in [0.1, 0.15) is 11.3 Å². The smallest absolute Gasteiger partial charge is 0.319 e. The molecule has 5 nitrogen and oxygen atoms in total. The highest BCUT2D eigenvalue weighted by molar-refractivity contribution is 5.99. The topological polar surface area (TPSA) is 64.3 Å². The van der Waals surface area contributed by atoms with Crippen LogP contribution in [-0.2, 0) is 12.8 Å². The van der Waals surface area contributed by atoms with E-state index in [1.807, 2.05) is 13.8 Å². The Labute approximate surface area is 364 Å². The molecule has 2 aliphatic rings. The van der Waals surface area contributed by atoms with E-state index < -0.39 is 0 Å². The first kappa shape index (κ1) is 54.0. The number of allylic oxidation sites excluding steroid dienone is 7. The van der Waals surface area contributed by atoms with Crippen LogP contribution in [0.5, 0.6) is 6.01 Å². The largest absolute Gasteiger partial charge is 0.463 e. The van der Waals surface area contributed by atoms with Crippen LogP contribution in [0.25, 0.3) is 16.5 Å². The third-order valence-electron chi connectivity index (χ3n) is 13.1. The van der Waals surface area contributed by atoms with Crippen LogP contribution in [0.3, 0.4) is 0 Å². The van der Waals surface area contributed by atoms with Crippen molar-refractivity contribution in [3.05, 3.63) is 63.0 Å². The number of benzene rings is 1. The second kappa shape index (κ2) is 26.4. The zero-order chi connectivity index (χ0) is 45.2. The number of rotatable bonds is 17. The summed E-state index contributed by atoms with van der Waals surface area (Å²) in [4.78, 5) is 12.6. The highest BCUT2D eigenvalue weighted by atomic mass is 19.1. The highest BCUT2D eigenvalue weighted by Crippen LogP contribution is 2.49. The van der Waals surface area contributed by atoms with Gasteiger partial charge in [0.25, 0.3) is 0 Å². The lowest BCUT2D eigenvalue weighted by Crippen LogP contribution is -2.36. The van der Waals surface area contributed by atoms with E-state index in [4.69, 9.17) is 20.4 Å². The highest BCUT2D eigenvalue weighted by Gasteiger charge is 2.42. The molecule has 1 aliphatic carbocycles. The summed E-state index contributed by atoms with van der Waals surface area (Å²) in [6.45, 7) is 44.7. The maximum Gasteiger partial charge on any atom is 0.319 e. The first-order chi connectivity index (χ1) is 28.0. The van der Waals surface area contributed by atoms with E-state index in [0.717, 1.165) is 114 Å². The van der Waals surface area contributed by atoms with Gasteiger partial charge in [0.2, 0.25) is 0 Å². The Kier molecular flexibility index (Phi) is 24.1. The van der Waals surface area contributed by atoms with Gasteiger partial charge in [-0.1, -0.05) is 126 Å². The van der Waals surface area contributed by atoms with Crippen molar-refractivity contribution in [1.82, 2.24) is 9.97 Å².